The van der Waals surface area contributed by atoms with Crippen molar-refractivity contribution in [3.05, 3.63) is 59.7 Å². The van der Waals surface area contributed by atoms with E-state index in [-0.39, 0.29) is 0 Å². The smallest absolute Gasteiger partial charge is 0.498 e. The minimum atomic E-state index is -2.14. The monoisotopic (exact) mass is 286 g/mol. The molecule has 1 N–H and O–H groups in total. The Bertz CT molecular complexity index is 570. The molecule has 20 heavy (non-hydrogen) atoms. The summed E-state index contributed by atoms with van der Waals surface area (Å²) < 4.78 is 61.4. The molecule has 0 aliphatic heterocycles. The largest absolute Gasteiger partial charge is 0.785 e. The Morgan fingerprint density at radius 3 is 1.55 bits per heavy atom. The van der Waals surface area contributed by atoms with E-state index in [1.165, 1.54) is 0 Å². The predicted molar refractivity (Wildman–Crippen MR) is 61.9 cm³/mol. The third kappa shape index (κ3) is 3.02. The van der Waals surface area contributed by atoms with Crippen LogP contribution in [-0.4, -0.2) is 12.3 Å². The molecule has 0 amide bonds. The van der Waals surface area contributed by atoms with Gasteiger partial charge in [0.1, 0.15) is 11.5 Å². The van der Waals surface area contributed by atoms with Gasteiger partial charge in [0.25, 0.3) is 0 Å². The SMILES string of the molecule is OB(Oc1cccc(F)c1F)Oc1cccc(F)c1F. The fourth-order valence-electron chi connectivity index (χ4n) is 1.39. The molecule has 0 spiro atoms. The zero-order valence-corrected chi connectivity index (χ0v) is 9.82. The fourth-order valence-corrected chi connectivity index (χ4v) is 1.39. The summed E-state index contributed by atoms with van der Waals surface area (Å²) in [7, 11) is -2.14. The lowest BCUT2D eigenvalue weighted by Gasteiger charge is -2.12. The fraction of sp³-hybridized carbons (Fsp3) is 0. The maximum atomic E-state index is 13.2. The average molecular weight is 286 g/mol. The first kappa shape index (κ1) is 14.2. The van der Waals surface area contributed by atoms with Gasteiger partial charge in [0.15, 0.2) is 23.3 Å². The summed E-state index contributed by atoms with van der Waals surface area (Å²) in [6.07, 6.45) is 0. The summed E-state index contributed by atoms with van der Waals surface area (Å²) >= 11 is 0. The lowest BCUT2D eigenvalue weighted by molar-refractivity contribution is 0.280. The van der Waals surface area contributed by atoms with Gasteiger partial charge in [0, 0.05) is 0 Å². The first-order valence-corrected chi connectivity index (χ1v) is 5.38. The molecule has 2 rings (SSSR count). The molecule has 2 aromatic rings. The van der Waals surface area contributed by atoms with E-state index in [1.807, 2.05) is 0 Å². The zero-order chi connectivity index (χ0) is 14.7. The van der Waals surface area contributed by atoms with Gasteiger partial charge in [-0.2, -0.15) is 8.78 Å². The first-order valence-electron chi connectivity index (χ1n) is 5.38. The number of halogens is 4. The Morgan fingerprint density at radius 1 is 0.750 bits per heavy atom. The van der Waals surface area contributed by atoms with Crippen LogP contribution >= 0.6 is 0 Å². The van der Waals surface area contributed by atoms with Crippen LogP contribution in [0.1, 0.15) is 0 Å². The van der Waals surface area contributed by atoms with Crippen LogP contribution in [0.5, 0.6) is 11.5 Å². The van der Waals surface area contributed by atoms with Crippen molar-refractivity contribution in [1.82, 2.24) is 0 Å². The lowest BCUT2D eigenvalue weighted by Crippen LogP contribution is -2.30. The van der Waals surface area contributed by atoms with Gasteiger partial charge < -0.3 is 14.3 Å². The molecular formula is C12H7BF4O3. The molecule has 0 unspecified atom stereocenters. The number of rotatable bonds is 4. The second kappa shape index (κ2) is 5.83. The molecule has 0 radical (unpaired) electrons. The molecular weight excluding hydrogens is 279 g/mol. The van der Waals surface area contributed by atoms with Crippen molar-refractivity contribution >= 4 is 7.32 Å². The van der Waals surface area contributed by atoms with Crippen molar-refractivity contribution in [2.45, 2.75) is 0 Å². The standard InChI is InChI=1S/C12H7BF4O3/c14-7-3-1-5-9(11(7)16)19-13(18)20-10-6-2-4-8(15)12(10)17/h1-6,18H. The van der Waals surface area contributed by atoms with Crippen molar-refractivity contribution in [2.24, 2.45) is 0 Å². The summed E-state index contributed by atoms with van der Waals surface area (Å²) in [5, 5.41) is 9.36. The van der Waals surface area contributed by atoms with Crippen LogP contribution in [-0.2, 0) is 0 Å². The van der Waals surface area contributed by atoms with Crippen LogP contribution < -0.4 is 9.31 Å². The second-order valence-corrected chi connectivity index (χ2v) is 3.65. The molecule has 0 aromatic heterocycles. The molecule has 0 aliphatic rings. The highest BCUT2D eigenvalue weighted by molar-refractivity contribution is 6.36. The quantitative estimate of drug-likeness (QED) is 0.693. The summed E-state index contributed by atoms with van der Waals surface area (Å²) in [6, 6.07) is 6.05. The van der Waals surface area contributed by atoms with E-state index in [1.54, 1.807) is 0 Å². The van der Waals surface area contributed by atoms with Crippen molar-refractivity contribution in [3.63, 3.8) is 0 Å². The zero-order valence-electron chi connectivity index (χ0n) is 9.82. The maximum Gasteiger partial charge on any atom is 0.785 e. The van der Waals surface area contributed by atoms with E-state index in [0.717, 1.165) is 36.4 Å². The topological polar surface area (TPSA) is 38.7 Å². The van der Waals surface area contributed by atoms with Crippen LogP contribution in [0.2, 0.25) is 0 Å². The number of benzene rings is 2. The number of hydrogen-bond donors (Lipinski definition) is 1. The number of hydrogen-bond acceptors (Lipinski definition) is 3. The van der Waals surface area contributed by atoms with E-state index in [9.17, 15) is 22.6 Å². The Morgan fingerprint density at radius 2 is 1.15 bits per heavy atom. The van der Waals surface area contributed by atoms with Crippen molar-refractivity contribution < 1.29 is 31.9 Å². The second-order valence-electron chi connectivity index (χ2n) is 3.65. The van der Waals surface area contributed by atoms with E-state index >= 15 is 0 Å². The average Bonchev–Trinajstić information content (AvgIpc) is 2.40. The highest BCUT2D eigenvalue weighted by atomic mass is 19.2. The van der Waals surface area contributed by atoms with Crippen molar-refractivity contribution in [3.8, 4) is 11.5 Å². The van der Waals surface area contributed by atoms with E-state index < -0.39 is 42.1 Å². The van der Waals surface area contributed by atoms with Gasteiger partial charge in [0.2, 0.25) is 0 Å². The molecule has 0 saturated carbocycles. The van der Waals surface area contributed by atoms with Crippen LogP contribution in [0.4, 0.5) is 17.6 Å². The molecule has 0 saturated heterocycles. The first-order chi connectivity index (χ1) is 9.49. The molecule has 0 heterocycles. The Kier molecular flexibility index (Phi) is 4.14. The highest BCUT2D eigenvalue weighted by Crippen LogP contribution is 2.22. The third-order valence-electron chi connectivity index (χ3n) is 2.29. The van der Waals surface area contributed by atoms with Crippen LogP contribution in [0, 0.1) is 23.3 Å². The normalized spacial score (nSPS) is 10.2. The molecule has 0 aliphatic carbocycles. The molecule has 3 nitrogen and oxygen atoms in total. The Balaban J connectivity index is 2.11. The Labute approximate surface area is 111 Å². The lowest BCUT2D eigenvalue weighted by atomic mass is 10.2. The van der Waals surface area contributed by atoms with Crippen molar-refractivity contribution in [1.29, 1.82) is 0 Å². The van der Waals surface area contributed by atoms with Crippen LogP contribution in [0.25, 0.3) is 0 Å². The van der Waals surface area contributed by atoms with Crippen LogP contribution in [0.15, 0.2) is 36.4 Å². The van der Waals surface area contributed by atoms with Gasteiger partial charge in [0.05, 0.1) is 0 Å². The van der Waals surface area contributed by atoms with Crippen LogP contribution in [0.3, 0.4) is 0 Å². The van der Waals surface area contributed by atoms with Gasteiger partial charge in [-0.05, 0) is 24.3 Å². The molecule has 0 atom stereocenters. The molecule has 0 fully saturated rings. The Hall–Kier alpha value is -2.22. The minimum Gasteiger partial charge on any atom is -0.498 e. The molecule has 8 heteroatoms. The van der Waals surface area contributed by atoms with E-state index in [0.29, 0.717) is 0 Å². The van der Waals surface area contributed by atoms with E-state index in [4.69, 9.17) is 0 Å². The van der Waals surface area contributed by atoms with Crippen molar-refractivity contribution in [2.75, 3.05) is 0 Å². The molecule has 104 valence electrons. The summed E-state index contributed by atoms with van der Waals surface area (Å²) in [5.41, 5.74) is 0. The van der Waals surface area contributed by atoms with Gasteiger partial charge in [-0.3, -0.25) is 0 Å². The highest BCUT2D eigenvalue weighted by Gasteiger charge is 2.26. The summed E-state index contributed by atoms with van der Waals surface area (Å²) in [4.78, 5) is 0. The summed E-state index contributed by atoms with van der Waals surface area (Å²) in [5.74, 6) is -6.31. The van der Waals surface area contributed by atoms with Gasteiger partial charge in [-0.1, -0.05) is 12.1 Å². The van der Waals surface area contributed by atoms with Gasteiger partial charge in [-0.25, -0.2) is 8.78 Å². The maximum absolute atomic E-state index is 13.2. The third-order valence-corrected chi connectivity index (χ3v) is 2.29. The minimum absolute atomic E-state index is 0.630. The molecule has 0 bridgehead atoms. The van der Waals surface area contributed by atoms with E-state index in [2.05, 4.69) is 9.31 Å². The van der Waals surface area contributed by atoms with Gasteiger partial charge >= 0.3 is 7.32 Å². The molecule has 2 aromatic carbocycles. The summed E-state index contributed by atoms with van der Waals surface area (Å²) in [6.45, 7) is 0. The predicted octanol–water partition coefficient (Wildman–Crippen LogP) is 2.68. The van der Waals surface area contributed by atoms with Gasteiger partial charge in [-0.15, -0.1) is 0 Å².